The maximum Gasteiger partial charge on any atom is 0.265 e. The number of aryl methyl sites for hydroxylation is 1. The van der Waals surface area contributed by atoms with Gasteiger partial charge in [0.1, 0.15) is 10.6 Å². The minimum Gasteiger partial charge on any atom is -0.492 e. The molecule has 1 N–H and O–H groups in total. The molecule has 0 unspecified atom stereocenters. The Labute approximate surface area is 160 Å². The summed E-state index contributed by atoms with van der Waals surface area (Å²) in [5, 5.41) is 0. The first kappa shape index (κ1) is 19.2. The highest BCUT2D eigenvalue weighted by Gasteiger charge is 2.22. The number of rotatable bonds is 6. The molecule has 7 heteroatoms. The van der Waals surface area contributed by atoms with Gasteiger partial charge in [-0.05, 0) is 68.7 Å². The van der Waals surface area contributed by atoms with E-state index in [4.69, 9.17) is 4.74 Å². The first-order chi connectivity index (χ1) is 12.9. The Morgan fingerprint density at radius 3 is 2.52 bits per heavy atom. The number of sulfonamides is 1. The molecule has 144 valence electrons. The van der Waals surface area contributed by atoms with Gasteiger partial charge in [0.15, 0.2) is 0 Å². The zero-order valence-electron chi connectivity index (χ0n) is 15.6. The van der Waals surface area contributed by atoms with Crippen LogP contribution in [0.3, 0.4) is 0 Å². The van der Waals surface area contributed by atoms with E-state index >= 15 is 0 Å². The highest BCUT2D eigenvalue weighted by Crippen LogP contribution is 2.28. The summed E-state index contributed by atoms with van der Waals surface area (Å²) in [4.78, 5) is 13.9. The number of nitrogens with one attached hydrogen (secondary N) is 1. The molecule has 2 aromatic rings. The maximum atomic E-state index is 12.8. The summed E-state index contributed by atoms with van der Waals surface area (Å²) in [6.07, 6.45) is 2.46. The van der Waals surface area contributed by atoms with Crippen LogP contribution < -0.4 is 14.4 Å². The lowest BCUT2D eigenvalue weighted by atomic mass is 10.1. The van der Waals surface area contributed by atoms with Crippen LogP contribution in [0.2, 0.25) is 0 Å². The third kappa shape index (κ3) is 4.42. The van der Waals surface area contributed by atoms with Crippen LogP contribution in [0.4, 0.5) is 11.4 Å². The number of amides is 1. The van der Waals surface area contributed by atoms with Gasteiger partial charge in [-0.2, -0.15) is 0 Å². The molecule has 1 heterocycles. The molecule has 1 aliphatic rings. The molecule has 1 amide bonds. The van der Waals surface area contributed by atoms with E-state index in [0.717, 1.165) is 24.1 Å². The van der Waals surface area contributed by atoms with Crippen molar-refractivity contribution >= 4 is 27.3 Å². The maximum absolute atomic E-state index is 12.8. The molecule has 0 atom stereocenters. The van der Waals surface area contributed by atoms with Crippen LogP contribution in [0.15, 0.2) is 47.4 Å². The second-order valence-corrected chi connectivity index (χ2v) is 8.19. The van der Waals surface area contributed by atoms with Gasteiger partial charge in [-0.1, -0.05) is 6.07 Å². The molecule has 0 aromatic heterocycles. The third-order valence-corrected chi connectivity index (χ3v) is 5.85. The number of benzene rings is 2. The van der Waals surface area contributed by atoms with Crippen molar-refractivity contribution in [1.29, 1.82) is 0 Å². The summed E-state index contributed by atoms with van der Waals surface area (Å²) < 4.78 is 33.7. The molecule has 0 radical (unpaired) electrons. The van der Waals surface area contributed by atoms with Gasteiger partial charge in [0.05, 0.1) is 6.61 Å². The molecule has 1 aliphatic heterocycles. The smallest absolute Gasteiger partial charge is 0.265 e. The van der Waals surface area contributed by atoms with Crippen LogP contribution in [-0.4, -0.2) is 27.5 Å². The number of hydrogen-bond acceptors (Lipinski definition) is 4. The van der Waals surface area contributed by atoms with Crippen molar-refractivity contribution in [1.82, 2.24) is 0 Å². The van der Waals surface area contributed by atoms with E-state index in [1.54, 1.807) is 41.3 Å². The molecular weight excluding hydrogens is 364 g/mol. The molecule has 1 saturated heterocycles. The van der Waals surface area contributed by atoms with E-state index in [1.807, 2.05) is 19.9 Å². The van der Waals surface area contributed by atoms with Gasteiger partial charge in [-0.3, -0.25) is 9.52 Å². The van der Waals surface area contributed by atoms with Crippen molar-refractivity contribution in [3.63, 3.8) is 0 Å². The van der Waals surface area contributed by atoms with Gasteiger partial charge in [0, 0.05) is 24.3 Å². The minimum absolute atomic E-state index is 0.107. The van der Waals surface area contributed by atoms with Gasteiger partial charge in [0.2, 0.25) is 5.91 Å². The molecular formula is C20H24N2O4S. The van der Waals surface area contributed by atoms with Crippen LogP contribution in [0.25, 0.3) is 0 Å². The molecule has 3 rings (SSSR count). The zero-order valence-corrected chi connectivity index (χ0v) is 16.4. The van der Waals surface area contributed by atoms with E-state index < -0.39 is 10.0 Å². The van der Waals surface area contributed by atoms with Crippen molar-refractivity contribution < 1.29 is 17.9 Å². The molecule has 1 fully saturated rings. The summed E-state index contributed by atoms with van der Waals surface area (Å²) in [5.74, 6) is 0.432. The lowest BCUT2D eigenvalue weighted by molar-refractivity contribution is -0.119. The van der Waals surface area contributed by atoms with E-state index in [0.29, 0.717) is 31.0 Å². The minimum atomic E-state index is -3.79. The number of anilines is 2. The fourth-order valence-corrected chi connectivity index (χ4v) is 4.39. The van der Waals surface area contributed by atoms with Crippen molar-refractivity contribution in [2.45, 2.75) is 38.0 Å². The molecule has 6 nitrogen and oxygen atoms in total. The Kier molecular flexibility index (Phi) is 5.70. The Morgan fingerprint density at radius 1 is 1.11 bits per heavy atom. The van der Waals surface area contributed by atoms with Gasteiger partial charge < -0.3 is 9.64 Å². The average molecular weight is 388 g/mol. The monoisotopic (exact) mass is 388 g/mol. The van der Waals surface area contributed by atoms with Gasteiger partial charge in [-0.15, -0.1) is 0 Å². The summed E-state index contributed by atoms with van der Waals surface area (Å²) >= 11 is 0. The standard InChI is InChI=1S/C20H24N2O4S/c1-3-26-18-12-7-15(2)14-19(18)27(24,25)21-16-8-10-17(11-9-16)22-13-5-4-6-20(22)23/h7-12,14,21H,3-6,13H2,1-2H3. The first-order valence-corrected chi connectivity index (χ1v) is 10.6. The second kappa shape index (κ2) is 8.00. The van der Waals surface area contributed by atoms with E-state index in [1.165, 1.54) is 0 Å². The van der Waals surface area contributed by atoms with Crippen molar-refractivity contribution in [2.75, 3.05) is 22.8 Å². The molecule has 0 saturated carbocycles. The summed E-state index contributed by atoms with van der Waals surface area (Å²) in [7, 11) is -3.79. The number of nitrogens with zero attached hydrogens (tertiary/aromatic N) is 1. The molecule has 0 aliphatic carbocycles. The Morgan fingerprint density at radius 2 is 1.85 bits per heavy atom. The number of carbonyl (C=O) groups excluding carboxylic acids is 1. The van der Waals surface area contributed by atoms with Gasteiger partial charge in [-0.25, -0.2) is 8.42 Å². The van der Waals surface area contributed by atoms with Crippen molar-refractivity contribution in [3.8, 4) is 5.75 Å². The first-order valence-electron chi connectivity index (χ1n) is 9.07. The van der Waals surface area contributed by atoms with Gasteiger partial charge >= 0.3 is 0 Å². The van der Waals surface area contributed by atoms with E-state index in [9.17, 15) is 13.2 Å². The topological polar surface area (TPSA) is 75.7 Å². The van der Waals surface area contributed by atoms with Crippen molar-refractivity contribution in [2.24, 2.45) is 0 Å². The zero-order chi connectivity index (χ0) is 19.4. The third-order valence-electron chi connectivity index (χ3n) is 4.44. The molecule has 0 spiro atoms. The second-order valence-electron chi connectivity index (χ2n) is 6.54. The summed E-state index contributed by atoms with van der Waals surface area (Å²) in [6, 6.07) is 11.9. The molecule has 2 aromatic carbocycles. The number of piperidine rings is 1. The summed E-state index contributed by atoms with van der Waals surface area (Å²) in [5.41, 5.74) is 2.05. The SMILES string of the molecule is CCOc1ccc(C)cc1S(=O)(=O)Nc1ccc(N2CCCCC2=O)cc1. The van der Waals surface area contributed by atoms with Crippen molar-refractivity contribution in [3.05, 3.63) is 48.0 Å². The van der Waals surface area contributed by atoms with E-state index in [-0.39, 0.29) is 10.8 Å². The Hall–Kier alpha value is -2.54. The number of hydrogen-bond donors (Lipinski definition) is 1. The van der Waals surface area contributed by atoms with Crippen LogP contribution in [-0.2, 0) is 14.8 Å². The van der Waals surface area contributed by atoms with Crippen LogP contribution >= 0.6 is 0 Å². The number of carbonyl (C=O) groups is 1. The highest BCUT2D eigenvalue weighted by molar-refractivity contribution is 7.92. The fourth-order valence-electron chi connectivity index (χ4n) is 3.10. The number of ether oxygens (including phenoxy) is 1. The van der Waals surface area contributed by atoms with Crippen LogP contribution in [0.5, 0.6) is 5.75 Å². The Balaban J connectivity index is 1.82. The van der Waals surface area contributed by atoms with Crippen LogP contribution in [0, 0.1) is 6.92 Å². The lowest BCUT2D eigenvalue weighted by Gasteiger charge is -2.26. The molecule has 0 bridgehead atoms. The Bertz CT molecular complexity index is 923. The quantitative estimate of drug-likeness (QED) is 0.818. The highest BCUT2D eigenvalue weighted by atomic mass is 32.2. The predicted octanol–water partition coefficient (Wildman–Crippen LogP) is 3.71. The fraction of sp³-hybridized carbons (Fsp3) is 0.350. The van der Waals surface area contributed by atoms with E-state index in [2.05, 4.69) is 4.72 Å². The molecule has 27 heavy (non-hydrogen) atoms. The van der Waals surface area contributed by atoms with Gasteiger partial charge in [0.25, 0.3) is 10.0 Å². The lowest BCUT2D eigenvalue weighted by Crippen LogP contribution is -2.35. The summed E-state index contributed by atoms with van der Waals surface area (Å²) in [6.45, 7) is 4.72. The normalized spacial score (nSPS) is 14.9. The predicted molar refractivity (Wildman–Crippen MR) is 106 cm³/mol. The largest absolute Gasteiger partial charge is 0.492 e. The van der Waals surface area contributed by atoms with Crippen LogP contribution in [0.1, 0.15) is 31.7 Å². The average Bonchev–Trinajstić information content (AvgIpc) is 2.64.